The number of nitrogens with zero attached hydrogens (tertiary/aromatic N) is 2. The van der Waals surface area contributed by atoms with Crippen LogP contribution >= 0.6 is 11.6 Å². The lowest BCUT2D eigenvalue weighted by Crippen LogP contribution is -1.76. The van der Waals surface area contributed by atoms with Crippen molar-refractivity contribution in [1.29, 1.82) is 0 Å². The Morgan fingerprint density at radius 1 is 1.40 bits per heavy atom. The molecule has 0 aliphatic heterocycles. The van der Waals surface area contributed by atoms with Crippen LogP contribution in [0.5, 0.6) is 0 Å². The van der Waals surface area contributed by atoms with Gasteiger partial charge in [-0.15, -0.1) is 0 Å². The molecule has 0 spiro atoms. The Balaban J connectivity index is 2.29. The van der Waals surface area contributed by atoms with E-state index >= 15 is 0 Å². The fourth-order valence-corrected chi connectivity index (χ4v) is 1.66. The number of hydrogen-bond acceptors (Lipinski definition) is 3. The van der Waals surface area contributed by atoms with Crippen molar-refractivity contribution in [3.8, 4) is 11.3 Å². The van der Waals surface area contributed by atoms with E-state index in [0.717, 1.165) is 22.2 Å². The highest BCUT2D eigenvalue weighted by Crippen LogP contribution is 2.26. The third-order valence-corrected chi connectivity index (χ3v) is 2.42. The largest absolute Gasteiger partial charge is 0.472 e. The van der Waals surface area contributed by atoms with Crippen LogP contribution in [0, 0.1) is 0 Å². The lowest BCUT2D eigenvalue weighted by atomic mass is 10.2. The summed E-state index contributed by atoms with van der Waals surface area (Å²) in [6.07, 6.45) is 4.95. The van der Waals surface area contributed by atoms with E-state index in [2.05, 4.69) is 15.2 Å². The van der Waals surface area contributed by atoms with Gasteiger partial charge in [-0.2, -0.15) is 5.10 Å². The zero-order valence-corrected chi connectivity index (χ0v) is 8.32. The minimum absolute atomic E-state index is 0.449. The molecule has 3 heterocycles. The summed E-state index contributed by atoms with van der Waals surface area (Å²) in [5.41, 5.74) is 2.61. The van der Waals surface area contributed by atoms with E-state index in [1.807, 2.05) is 6.07 Å². The van der Waals surface area contributed by atoms with Gasteiger partial charge in [0.15, 0.2) is 0 Å². The van der Waals surface area contributed by atoms with Crippen LogP contribution in [-0.2, 0) is 0 Å². The average molecular weight is 220 g/mol. The quantitative estimate of drug-likeness (QED) is 0.641. The molecule has 0 saturated heterocycles. The third kappa shape index (κ3) is 1.30. The predicted octanol–water partition coefficient (Wildman–Crippen LogP) is 2.87. The number of pyridine rings is 1. The van der Waals surface area contributed by atoms with Crippen molar-refractivity contribution in [2.75, 3.05) is 0 Å². The summed E-state index contributed by atoms with van der Waals surface area (Å²) < 4.78 is 5.01. The number of H-pyrrole nitrogens is 1. The van der Waals surface area contributed by atoms with Crippen LogP contribution < -0.4 is 0 Å². The van der Waals surface area contributed by atoms with Gasteiger partial charge in [-0.1, -0.05) is 11.6 Å². The minimum atomic E-state index is 0.449. The molecule has 74 valence electrons. The van der Waals surface area contributed by atoms with E-state index in [1.165, 1.54) is 0 Å². The van der Waals surface area contributed by atoms with E-state index in [-0.39, 0.29) is 0 Å². The van der Waals surface area contributed by atoms with Crippen LogP contribution in [0.25, 0.3) is 22.2 Å². The molecule has 5 heteroatoms. The summed E-state index contributed by atoms with van der Waals surface area (Å²) in [5.74, 6) is 0. The van der Waals surface area contributed by atoms with Crippen molar-refractivity contribution in [1.82, 2.24) is 15.2 Å². The van der Waals surface area contributed by atoms with Crippen molar-refractivity contribution >= 4 is 22.5 Å². The number of hydrogen-bond donors (Lipinski definition) is 1. The van der Waals surface area contributed by atoms with Crippen LogP contribution in [0.3, 0.4) is 0 Å². The van der Waals surface area contributed by atoms with Crippen LogP contribution in [0.1, 0.15) is 0 Å². The molecule has 3 rings (SSSR count). The van der Waals surface area contributed by atoms with Gasteiger partial charge in [-0.3, -0.25) is 5.10 Å². The van der Waals surface area contributed by atoms with Crippen LogP contribution in [0.15, 0.2) is 35.3 Å². The highest BCUT2D eigenvalue weighted by Gasteiger charge is 2.09. The van der Waals surface area contributed by atoms with Crippen LogP contribution in [-0.4, -0.2) is 15.2 Å². The van der Waals surface area contributed by atoms with Crippen LogP contribution in [0.2, 0.25) is 5.15 Å². The van der Waals surface area contributed by atoms with E-state index in [9.17, 15) is 0 Å². The number of fused-ring (bicyclic) bond motifs is 1. The highest BCUT2D eigenvalue weighted by atomic mass is 35.5. The molecule has 3 aromatic heterocycles. The highest BCUT2D eigenvalue weighted by molar-refractivity contribution is 6.30. The van der Waals surface area contributed by atoms with E-state index in [4.69, 9.17) is 16.0 Å². The summed E-state index contributed by atoms with van der Waals surface area (Å²) >= 11 is 5.78. The lowest BCUT2D eigenvalue weighted by molar-refractivity contribution is 0.568. The number of halogens is 1. The maximum Gasteiger partial charge on any atom is 0.131 e. The molecule has 0 aliphatic rings. The monoisotopic (exact) mass is 219 g/mol. The molecule has 0 saturated carbocycles. The SMILES string of the molecule is Clc1cc2[nH]nc(-c3ccoc3)c2cn1. The van der Waals surface area contributed by atoms with Gasteiger partial charge in [0.05, 0.1) is 18.0 Å². The molecule has 0 aliphatic carbocycles. The Bertz CT molecular complexity index is 600. The first-order valence-electron chi connectivity index (χ1n) is 4.37. The van der Waals surface area contributed by atoms with Gasteiger partial charge in [0.2, 0.25) is 0 Å². The lowest BCUT2D eigenvalue weighted by Gasteiger charge is -1.91. The number of aromatic amines is 1. The summed E-state index contributed by atoms with van der Waals surface area (Å²) in [7, 11) is 0. The fraction of sp³-hybridized carbons (Fsp3) is 0. The summed E-state index contributed by atoms with van der Waals surface area (Å²) in [6.45, 7) is 0. The molecule has 0 fully saturated rings. The second-order valence-corrected chi connectivity index (χ2v) is 3.52. The smallest absolute Gasteiger partial charge is 0.131 e. The number of furan rings is 1. The Kier molecular flexibility index (Phi) is 1.76. The summed E-state index contributed by atoms with van der Waals surface area (Å²) in [6, 6.07) is 3.59. The van der Waals surface area contributed by atoms with Gasteiger partial charge in [0.25, 0.3) is 0 Å². The Hall–Kier alpha value is -1.81. The Morgan fingerprint density at radius 2 is 2.33 bits per heavy atom. The number of aromatic nitrogens is 3. The number of rotatable bonds is 1. The third-order valence-electron chi connectivity index (χ3n) is 2.21. The van der Waals surface area contributed by atoms with Crippen molar-refractivity contribution in [2.24, 2.45) is 0 Å². The van der Waals surface area contributed by atoms with Gasteiger partial charge in [0, 0.05) is 23.2 Å². The normalized spacial score (nSPS) is 11.0. The molecule has 0 aromatic carbocycles. The number of nitrogens with one attached hydrogen (secondary N) is 1. The minimum Gasteiger partial charge on any atom is -0.472 e. The predicted molar refractivity (Wildman–Crippen MR) is 56.6 cm³/mol. The molecule has 0 unspecified atom stereocenters. The van der Waals surface area contributed by atoms with E-state index < -0.39 is 0 Å². The van der Waals surface area contributed by atoms with Gasteiger partial charge in [0.1, 0.15) is 10.8 Å². The fourth-order valence-electron chi connectivity index (χ4n) is 1.51. The molecular formula is C10H6ClN3O. The van der Waals surface area contributed by atoms with Crippen LogP contribution in [0.4, 0.5) is 0 Å². The van der Waals surface area contributed by atoms with E-state index in [0.29, 0.717) is 5.15 Å². The second kappa shape index (κ2) is 3.10. The van der Waals surface area contributed by atoms with Crippen molar-refractivity contribution in [2.45, 2.75) is 0 Å². The van der Waals surface area contributed by atoms with Crippen molar-refractivity contribution in [3.05, 3.63) is 36.0 Å². The molecule has 1 N–H and O–H groups in total. The molecule has 15 heavy (non-hydrogen) atoms. The maximum absolute atomic E-state index is 5.78. The first kappa shape index (κ1) is 8.49. The van der Waals surface area contributed by atoms with Crippen molar-refractivity contribution in [3.63, 3.8) is 0 Å². The molecule has 4 nitrogen and oxygen atoms in total. The second-order valence-electron chi connectivity index (χ2n) is 3.14. The summed E-state index contributed by atoms with van der Waals surface area (Å²) in [4.78, 5) is 4.02. The molecule has 3 aromatic rings. The molecule has 0 bridgehead atoms. The Morgan fingerprint density at radius 3 is 3.13 bits per heavy atom. The van der Waals surface area contributed by atoms with Crippen molar-refractivity contribution < 1.29 is 4.42 Å². The first-order valence-corrected chi connectivity index (χ1v) is 4.74. The summed E-state index contributed by atoms with van der Waals surface area (Å²) in [5, 5.41) is 8.48. The van der Waals surface area contributed by atoms with Gasteiger partial charge >= 0.3 is 0 Å². The topological polar surface area (TPSA) is 54.7 Å². The molecule has 0 radical (unpaired) electrons. The molecule has 0 atom stereocenters. The average Bonchev–Trinajstić information content (AvgIpc) is 2.82. The molecule has 0 amide bonds. The first-order chi connectivity index (χ1) is 7.34. The van der Waals surface area contributed by atoms with Gasteiger partial charge < -0.3 is 4.42 Å². The standard InChI is InChI=1S/C10H6ClN3O/c11-9-3-8-7(4-12-9)10(14-13-8)6-1-2-15-5-6/h1-5H,(H,13,14). The molecular weight excluding hydrogens is 214 g/mol. The van der Waals surface area contributed by atoms with Gasteiger partial charge in [-0.25, -0.2) is 4.98 Å². The Labute approximate surface area is 89.9 Å². The van der Waals surface area contributed by atoms with E-state index in [1.54, 1.807) is 24.8 Å². The van der Waals surface area contributed by atoms with Gasteiger partial charge in [-0.05, 0) is 6.07 Å². The zero-order valence-electron chi connectivity index (χ0n) is 7.57. The maximum atomic E-state index is 5.78. The zero-order chi connectivity index (χ0) is 10.3.